The minimum atomic E-state index is 0. The molecule has 1 nitrogen and oxygen atoms in total. The van der Waals surface area contributed by atoms with Gasteiger partial charge in [0.1, 0.15) is 0 Å². The van der Waals surface area contributed by atoms with Crippen molar-refractivity contribution < 1.29 is 0 Å². The molecule has 0 spiro atoms. The zero-order chi connectivity index (χ0) is 9.94. The normalized spacial score (nSPS) is 10.3. The molecule has 0 heterocycles. The molecule has 0 amide bonds. The summed E-state index contributed by atoms with van der Waals surface area (Å²) in [6, 6.07) is 0. The molecule has 0 N–H and O–H groups in total. The lowest BCUT2D eigenvalue weighted by atomic mass is 10.2. The summed E-state index contributed by atoms with van der Waals surface area (Å²) in [7, 11) is 0. The quantitative estimate of drug-likeness (QED) is 0.541. The molecule has 0 atom stereocenters. The van der Waals surface area contributed by atoms with Gasteiger partial charge in [0.05, 0.1) is 0 Å². The lowest BCUT2D eigenvalue weighted by molar-refractivity contribution is 0.261. The van der Waals surface area contributed by atoms with E-state index in [-0.39, 0.29) is 7.43 Å². The molecule has 0 aromatic rings. The molecular weight excluding hydrogens is 170 g/mol. The van der Waals surface area contributed by atoms with Crippen LogP contribution in [0.15, 0.2) is 0 Å². The van der Waals surface area contributed by atoms with Crippen molar-refractivity contribution in [3.05, 3.63) is 7.43 Å². The number of nitrogens with zero attached hydrogens (tertiary/aromatic N) is 1. The maximum atomic E-state index is 2.64. The molecular formula is C13H30N. The van der Waals surface area contributed by atoms with Gasteiger partial charge in [0.2, 0.25) is 0 Å². The summed E-state index contributed by atoms with van der Waals surface area (Å²) < 4.78 is 0. The highest BCUT2D eigenvalue weighted by molar-refractivity contribution is 4.57. The van der Waals surface area contributed by atoms with Gasteiger partial charge >= 0.3 is 0 Å². The molecule has 1 radical (unpaired) electrons. The highest BCUT2D eigenvalue weighted by atomic mass is 15.1. The van der Waals surface area contributed by atoms with Crippen LogP contribution in [0.1, 0.15) is 59.3 Å². The molecule has 1 heteroatoms. The van der Waals surface area contributed by atoms with Gasteiger partial charge in [0.15, 0.2) is 0 Å². The Balaban J connectivity index is 0. The van der Waals surface area contributed by atoms with Crippen molar-refractivity contribution in [2.75, 3.05) is 19.6 Å². The summed E-state index contributed by atoms with van der Waals surface area (Å²) in [4.78, 5) is 2.64. The summed E-state index contributed by atoms with van der Waals surface area (Å²) >= 11 is 0. The number of hydrogen-bond acceptors (Lipinski definition) is 1. The molecule has 0 fully saturated rings. The number of hydrogen-bond donors (Lipinski definition) is 0. The van der Waals surface area contributed by atoms with Crippen molar-refractivity contribution in [2.45, 2.75) is 59.3 Å². The average molecular weight is 200 g/mol. The first-order valence-electron chi connectivity index (χ1n) is 6.07. The van der Waals surface area contributed by atoms with E-state index in [4.69, 9.17) is 0 Å². The molecule has 0 bridgehead atoms. The third-order valence-corrected chi connectivity index (χ3v) is 2.48. The van der Waals surface area contributed by atoms with E-state index in [0.717, 1.165) is 0 Å². The van der Waals surface area contributed by atoms with Gasteiger partial charge in [0.25, 0.3) is 0 Å². The highest BCUT2D eigenvalue weighted by Gasteiger charge is 2.01. The van der Waals surface area contributed by atoms with Gasteiger partial charge < -0.3 is 4.90 Å². The minimum Gasteiger partial charge on any atom is -0.303 e. The predicted molar refractivity (Wildman–Crippen MR) is 67.6 cm³/mol. The van der Waals surface area contributed by atoms with Gasteiger partial charge in [0, 0.05) is 0 Å². The molecule has 0 saturated carbocycles. The van der Waals surface area contributed by atoms with Crippen molar-refractivity contribution in [3.63, 3.8) is 0 Å². The van der Waals surface area contributed by atoms with E-state index in [1.807, 2.05) is 0 Å². The van der Waals surface area contributed by atoms with Gasteiger partial charge in [-0.15, -0.1) is 0 Å². The Kier molecular flexibility index (Phi) is 15.2. The fraction of sp³-hybridized carbons (Fsp3) is 0.923. The van der Waals surface area contributed by atoms with Crippen molar-refractivity contribution in [1.29, 1.82) is 0 Å². The Morgan fingerprint density at radius 1 is 0.643 bits per heavy atom. The van der Waals surface area contributed by atoms with Crippen LogP contribution in [0.25, 0.3) is 0 Å². The Morgan fingerprint density at radius 3 is 1.14 bits per heavy atom. The van der Waals surface area contributed by atoms with Gasteiger partial charge in [-0.3, -0.25) is 0 Å². The molecule has 0 saturated heterocycles. The van der Waals surface area contributed by atoms with E-state index >= 15 is 0 Å². The second-order valence-corrected chi connectivity index (χ2v) is 3.90. The van der Waals surface area contributed by atoms with E-state index in [1.54, 1.807) is 0 Å². The van der Waals surface area contributed by atoms with Crippen molar-refractivity contribution >= 4 is 0 Å². The van der Waals surface area contributed by atoms with E-state index < -0.39 is 0 Å². The van der Waals surface area contributed by atoms with Crippen LogP contribution in [0.5, 0.6) is 0 Å². The molecule has 0 aliphatic heterocycles. The lowest BCUT2D eigenvalue weighted by Gasteiger charge is -2.21. The van der Waals surface area contributed by atoms with Crippen LogP contribution in [-0.4, -0.2) is 24.5 Å². The Labute approximate surface area is 91.9 Å². The monoisotopic (exact) mass is 200 g/mol. The molecule has 0 unspecified atom stereocenters. The lowest BCUT2D eigenvalue weighted by Crippen LogP contribution is -2.27. The van der Waals surface area contributed by atoms with E-state index in [1.165, 1.54) is 58.2 Å². The summed E-state index contributed by atoms with van der Waals surface area (Å²) in [5.41, 5.74) is 0. The van der Waals surface area contributed by atoms with Gasteiger partial charge in [-0.25, -0.2) is 0 Å². The van der Waals surface area contributed by atoms with Crippen molar-refractivity contribution in [3.8, 4) is 0 Å². The third-order valence-electron chi connectivity index (χ3n) is 2.48. The van der Waals surface area contributed by atoms with Crippen LogP contribution >= 0.6 is 0 Å². The zero-order valence-corrected chi connectivity index (χ0v) is 10.8. The number of unbranched alkanes of at least 4 members (excludes halogenated alkanes) is 3. The van der Waals surface area contributed by atoms with Gasteiger partial charge in [-0.05, 0) is 38.9 Å². The first-order chi connectivity index (χ1) is 6.35. The molecule has 0 aliphatic carbocycles. The van der Waals surface area contributed by atoms with Crippen LogP contribution in [0, 0.1) is 7.43 Å². The van der Waals surface area contributed by atoms with Crippen LogP contribution in [0.4, 0.5) is 0 Å². The predicted octanol–water partition coefficient (Wildman–Crippen LogP) is 4.14. The number of rotatable bonds is 9. The van der Waals surface area contributed by atoms with E-state index in [0.29, 0.717) is 0 Å². The molecule has 87 valence electrons. The molecule has 14 heavy (non-hydrogen) atoms. The largest absolute Gasteiger partial charge is 0.303 e. The third kappa shape index (κ3) is 10.0. The highest BCUT2D eigenvalue weighted by Crippen LogP contribution is 2.01. The summed E-state index contributed by atoms with van der Waals surface area (Å²) in [5.74, 6) is 0. The van der Waals surface area contributed by atoms with Gasteiger partial charge in [-0.2, -0.15) is 0 Å². The standard InChI is InChI=1S/C12H27N.CH3/c1-4-7-10-13(11-8-5-2)12-9-6-3;/h4-12H2,1-3H3;1H3. The average Bonchev–Trinajstić information content (AvgIpc) is 2.17. The van der Waals surface area contributed by atoms with Crippen LogP contribution in [0.2, 0.25) is 0 Å². The van der Waals surface area contributed by atoms with Crippen molar-refractivity contribution in [1.82, 2.24) is 4.90 Å². The van der Waals surface area contributed by atoms with Gasteiger partial charge in [-0.1, -0.05) is 47.5 Å². The minimum absolute atomic E-state index is 0. The Morgan fingerprint density at radius 2 is 0.929 bits per heavy atom. The zero-order valence-electron chi connectivity index (χ0n) is 10.8. The van der Waals surface area contributed by atoms with Crippen molar-refractivity contribution in [2.24, 2.45) is 0 Å². The summed E-state index contributed by atoms with van der Waals surface area (Å²) in [6.45, 7) is 10.8. The van der Waals surface area contributed by atoms with E-state index in [9.17, 15) is 0 Å². The fourth-order valence-corrected chi connectivity index (χ4v) is 1.48. The molecule has 0 aromatic heterocycles. The Hall–Kier alpha value is -0.0400. The topological polar surface area (TPSA) is 3.24 Å². The maximum Gasteiger partial charge on any atom is -0.00188 e. The molecule has 0 rings (SSSR count). The van der Waals surface area contributed by atoms with Crippen LogP contribution < -0.4 is 0 Å². The smallest absolute Gasteiger partial charge is 0.00188 e. The van der Waals surface area contributed by atoms with E-state index in [2.05, 4.69) is 25.7 Å². The van der Waals surface area contributed by atoms with Crippen LogP contribution in [-0.2, 0) is 0 Å². The molecule has 0 aliphatic rings. The SMILES string of the molecule is CCCCN(CCCC)CCCC.[CH3]. The maximum absolute atomic E-state index is 2.64. The first kappa shape index (κ1) is 16.4. The summed E-state index contributed by atoms with van der Waals surface area (Å²) in [5, 5.41) is 0. The Bertz CT molecular complexity index is 72.2. The first-order valence-corrected chi connectivity index (χ1v) is 6.07. The summed E-state index contributed by atoms with van der Waals surface area (Å²) in [6.07, 6.45) is 8.09. The second-order valence-electron chi connectivity index (χ2n) is 3.90. The second kappa shape index (κ2) is 13.0. The fourth-order valence-electron chi connectivity index (χ4n) is 1.48. The molecule has 0 aromatic carbocycles. The van der Waals surface area contributed by atoms with Crippen LogP contribution in [0.3, 0.4) is 0 Å².